The smallest absolute Gasteiger partial charge is 0.140 e. The Morgan fingerprint density at radius 2 is 2.17 bits per heavy atom. The van der Waals surface area contributed by atoms with Crippen molar-refractivity contribution in [2.75, 3.05) is 13.1 Å². The summed E-state index contributed by atoms with van der Waals surface area (Å²) in [6.07, 6.45) is 8.14. The van der Waals surface area contributed by atoms with Gasteiger partial charge in [0.05, 0.1) is 17.8 Å². The van der Waals surface area contributed by atoms with E-state index in [1.807, 2.05) is 45.9 Å². The highest BCUT2D eigenvalue weighted by molar-refractivity contribution is 5.59. The Balaban J connectivity index is 1.66. The quantitative estimate of drug-likeness (QED) is 0.766. The van der Waals surface area contributed by atoms with Crippen molar-refractivity contribution in [1.29, 1.82) is 0 Å². The number of nitrogens with zero attached hydrogens (tertiary/aromatic N) is 4. The van der Waals surface area contributed by atoms with Crippen LogP contribution in [0.15, 0.2) is 55.1 Å². The molecule has 2 aromatic heterocycles. The van der Waals surface area contributed by atoms with Crippen LogP contribution < -0.4 is 5.32 Å². The molecule has 1 saturated heterocycles. The fourth-order valence-corrected chi connectivity index (χ4v) is 3.09. The summed E-state index contributed by atoms with van der Waals surface area (Å²) in [6, 6.07) is 10.00. The Bertz CT molecular complexity index is 787. The highest BCUT2D eigenvalue weighted by Crippen LogP contribution is 2.24. The van der Waals surface area contributed by atoms with Crippen molar-refractivity contribution in [2.24, 2.45) is 0 Å². The van der Waals surface area contributed by atoms with Gasteiger partial charge in [-0.3, -0.25) is 0 Å². The lowest BCUT2D eigenvalue weighted by molar-refractivity contribution is 0.0436. The van der Waals surface area contributed by atoms with E-state index in [4.69, 9.17) is 0 Å². The fourth-order valence-electron chi connectivity index (χ4n) is 3.09. The lowest BCUT2D eigenvalue weighted by Gasteiger charge is -2.23. The monoisotopic (exact) mass is 309 g/mol. The fraction of sp³-hybridized carbons (Fsp3) is 0.294. The number of β-amino-alcohol motifs (C(OH)–C–C–N with tert-alkyl or cyclic N) is 1. The first-order chi connectivity index (χ1) is 11.2. The van der Waals surface area contributed by atoms with Crippen molar-refractivity contribution in [2.45, 2.75) is 18.6 Å². The van der Waals surface area contributed by atoms with Crippen molar-refractivity contribution >= 4 is 0 Å². The number of hydrogen-bond donors (Lipinski definition) is 2. The predicted octanol–water partition coefficient (Wildman–Crippen LogP) is 1.46. The average molecular weight is 309 g/mol. The zero-order valence-electron chi connectivity index (χ0n) is 12.8. The summed E-state index contributed by atoms with van der Waals surface area (Å²) in [5.74, 6) is 0.860. The van der Waals surface area contributed by atoms with Crippen molar-refractivity contribution in [3.63, 3.8) is 0 Å². The lowest BCUT2D eigenvalue weighted by atomic mass is 10.0. The van der Waals surface area contributed by atoms with Gasteiger partial charge in [-0.15, -0.1) is 0 Å². The Kier molecular flexibility index (Phi) is 3.48. The minimum absolute atomic E-state index is 0.543. The van der Waals surface area contributed by atoms with Crippen LogP contribution in [0.2, 0.25) is 0 Å². The standard InChI is InChI=1S/C17H19N5O/c23-17(5-7-18-12-17)13-21-10-8-19-16(21)14-3-1-4-15(11-14)22-9-2-6-20-22/h1-4,6,8-11,18,23H,5,7,12-13H2. The number of nitrogens with one attached hydrogen (secondary N) is 1. The molecular weight excluding hydrogens is 290 g/mol. The molecule has 1 aliphatic rings. The van der Waals surface area contributed by atoms with Crippen molar-refractivity contribution < 1.29 is 5.11 Å². The topological polar surface area (TPSA) is 67.9 Å². The van der Waals surface area contributed by atoms with Crippen molar-refractivity contribution in [1.82, 2.24) is 24.6 Å². The largest absolute Gasteiger partial charge is 0.387 e. The van der Waals surface area contributed by atoms with Gasteiger partial charge in [-0.25, -0.2) is 9.67 Å². The molecule has 0 amide bonds. The molecule has 0 aliphatic carbocycles. The van der Waals surface area contributed by atoms with E-state index in [9.17, 15) is 5.11 Å². The van der Waals surface area contributed by atoms with Crippen molar-refractivity contribution in [3.05, 3.63) is 55.1 Å². The van der Waals surface area contributed by atoms with Crippen LogP contribution in [0.1, 0.15) is 6.42 Å². The number of aromatic nitrogens is 4. The van der Waals surface area contributed by atoms with Crippen LogP contribution in [0.5, 0.6) is 0 Å². The number of benzene rings is 1. The molecule has 0 spiro atoms. The maximum atomic E-state index is 10.6. The molecule has 0 radical (unpaired) electrons. The van der Waals surface area contributed by atoms with E-state index in [0.717, 1.165) is 30.0 Å². The van der Waals surface area contributed by atoms with Gasteiger partial charge >= 0.3 is 0 Å². The zero-order chi connectivity index (χ0) is 15.7. The van der Waals surface area contributed by atoms with Gasteiger partial charge in [0.15, 0.2) is 0 Å². The highest BCUT2D eigenvalue weighted by Gasteiger charge is 2.32. The Hall–Kier alpha value is -2.44. The molecule has 3 aromatic rings. The molecule has 0 saturated carbocycles. The molecule has 4 rings (SSSR count). The summed E-state index contributed by atoms with van der Waals surface area (Å²) in [7, 11) is 0. The number of hydrogen-bond acceptors (Lipinski definition) is 4. The normalized spacial score (nSPS) is 20.9. The van der Waals surface area contributed by atoms with Gasteiger partial charge < -0.3 is 15.0 Å². The summed E-state index contributed by atoms with van der Waals surface area (Å²) in [6.45, 7) is 2.02. The van der Waals surface area contributed by atoms with Gasteiger partial charge in [-0.2, -0.15) is 5.10 Å². The summed E-state index contributed by atoms with van der Waals surface area (Å²) < 4.78 is 3.85. The van der Waals surface area contributed by atoms with Gasteiger partial charge in [-0.1, -0.05) is 12.1 Å². The van der Waals surface area contributed by atoms with E-state index < -0.39 is 5.60 Å². The molecule has 6 nitrogen and oxygen atoms in total. The molecule has 23 heavy (non-hydrogen) atoms. The van der Waals surface area contributed by atoms with E-state index >= 15 is 0 Å². The van der Waals surface area contributed by atoms with E-state index in [1.54, 1.807) is 12.4 Å². The third-order valence-electron chi connectivity index (χ3n) is 4.27. The summed E-state index contributed by atoms with van der Waals surface area (Å²) in [5, 5.41) is 18.1. The van der Waals surface area contributed by atoms with Gasteiger partial charge in [-0.05, 0) is 31.2 Å². The molecule has 1 aromatic carbocycles. The first kappa shape index (κ1) is 14.2. The predicted molar refractivity (Wildman–Crippen MR) is 87.2 cm³/mol. The van der Waals surface area contributed by atoms with Gasteiger partial charge in [0.25, 0.3) is 0 Å². The van der Waals surface area contributed by atoms with Crippen LogP contribution in [0.3, 0.4) is 0 Å². The Morgan fingerprint density at radius 1 is 1.22 bits per heavy atom. The molecule has 1 fully saturated rings. The van der Waals surface area contributed by atoms with Gasteiger partial charge in [0.2, 0.25) is 0 Å². The SMILES string of the molecule is OC1(Cn2ccnc2-c2cccc(-n3cccn3)c2)CCNC1. The second-order valence-corrected chi connectivity index (χ2v) is 6.03. The van der Waals surface area contributed by atoms with E-state index in [1.165, 1.54) is 0 Å². The highest BCUT2D eigenvalue weighted by atomic mass is 16.3. The third kappa shape index (κ3) is 2.78. The van der Waals surface area contributed by atoms with Gasteiger partial charge in [0, 0.05) is 36.9 Å². The molecule has 0 bridgehead atoms. The maximum absolute atomic E-state index is 10.6. The van der Waals surface area contributed by atoms with E-state index in [2.05, 4.69) is 21.5 Å². The minimum Gasteiger partial charge on any atom is -0.387 e. The van der Waals surface area contributed by atoms with Crippen LogP contribution in [0.25, 0.3) is 17.1 Å². The second kappa shape index (κ2) is 5.64. The Morgan fingerprint density at radius 3 is 2.96 bits per heavy atom. The van der Waals surface area contributed by atoms with Crippen LogP contribution in [-0.2, 0) is 6.54 Å². The summed E-state index contributed by atoms with van der Waals surface area (Å²) in [4.78, 5) is 4.48. The summed E-state index contributed by atoms with van der Waals surface area (Å²) >= 11 is 0. The zero-order valence-corrected chi connectivity index (χ0v) is 12.8. The molecule has 6 heteroatoms. The molecule has 1 unspecified atom stereocenters. The maximum Gasteiger partial charge on any atom is 0.140 e. The first-order valence-electron chi connectivity index (χ1n) is 7.78. The van der Waals surface area contributed by atoms with Crippen LogP contribution in [-0.4, -0.2) is 43.1 Å². The molecular formula is C17H19N5O. The molecule has 3 heterocycles. The van der Waals surface area contributed by atoms with Crippen LogP contribution in [0, 0.1) is 0 Å². The molecule has 118 valence electrons. The van der Waals surface area contributed by atoms with Crippen LogP contribution in [0.4, 0.5) is 0 Å². The number of aliphatic hydroxyl groups is 1. The minimum atomic E-state index is -0.699. The number of imidazole rings is 1. The molecule has 1 aliphatic heterocycles. The van der Waals surface area contributed by atoms with Crippen molar-refractivity contribution in [3.8, 4) is 17.1 Å². The number of rotatable bonds is 4. The first-order valence-corrected chi connectivity index (χ1v) is 7.78. The second-order valence-electron chi connectivity index (χ2n) is 6.03. The van der Waals surface area contributed by atoms with Gasteiger partial charge in [0.1, 0.15) is 5.82 Å². The Labute approximate surface area is 134 Å². The summed E-state index contributed by atoms with van der Waals surface area (Å²) in [5.41, 5.74) is 1.30. The van der Waals surface area contributed by atoms with Crippen LogP contribution >= 0.6 is 0 Å². The van der Waals surface area contributed by atoms with E-state index in [-0.39, 0.29) is 0 Å². The lowest BCUT2D eigenvalue weighted by Crippen LogP contribution is -2.36. The van der Waals surface area contributed by atoms with E-state index in [0.29, 0.717) is 13.1 Å². The molecule has 2 N–H and O–H groups in total. The molecule has 1 atom stereocenters. The average Bonchev–Trinajstić information content (AvgIpc) is 3.29. The third-order valence-corrected chi connectivity index (χ3v) is 4.27.